The minimum atomic E-state index is -4.35. The van der Waals surface area contributed by atoms with E-state index < -0.39 is 12.8 Å². The minimum absolute atomic E-state index is 0.0704. The van der Waals surface area contributed by atoms with Crippen LogP contribution in [0.5, 0.6) is 0 Å². The summed E-state index contributed by atoms with van der Waals surface area (Å²) < 4.78 is 41.9. The second-order valence-corrected chi connectivity index (χ2v) is 6.05. The lowest BCUT2D eigenvalue weighted by Crippen LogP contribution is -2.41. The summed E-state index contributed by atoms with van der Waals surface area (Å²) >= 11 is 0. The Hall–Kier alpha value is -2.43. The summed E-state index contributed by atoms with van der Waals surface area (Å²) in [7, 11) is 0. The molecule has 8 nitrogen and oxygen atoms in total. The molecule has 2 aromatic heterocycles. The van der Waals surface area contributed by atoms with Crippen molar-refractivity contribution in [1.29, 1.82) is 0 Å². The standard InChI is InChI=1S/C15H19F3N6O2/c16-15(17,18)9-26-8-5-19-14(25)11-3-6-23(7-4-11)13-2-1-12-21-20-10-24(12)22-13/h1-2,10-11H,3-9H2,(H,19,25). The summed E-state index contributed by atoms with van der Waals surface area (Å²) in [4.78, 5) is 14.2. The SMILES string of the molecule is O=C(NCCOCC(F)(F)F)C1CCN(c2ccc3nncn3n2)CC1. The Morgan fingerprint density at radius 1 is 1.31 bits per heavy atom. The number of carbonyl (C=O) groups excluding carboxylic acids is 1. The lowest BCUT2D eigenvalue weighted by molar-refractivity contribution is -0.173. The van der Waals surface area contributed by atoms with Crippen molar-refractivity contribution in [2.75, 3.05) is 37.7 Å². The van der Waals surface area contributed by atoms with E-state index in [-0.39, 0.29) is 25.0 Å². The van der Waals surface area contributed by atoms with Crippen molar-refractivity contribution in [3.8, 4) is 0 Å². The smallest absolute Gasteiger partial charge is 0.370 e. The number of halogens is 3. The van der Waals surface area contributed by atoms with E-state index in [1.54, 1.807) is 4.52 Å². The van der Waals surface area contributed by atoms with Gasteiger partial charge in [0.05, 0.1) is 6.61 Å². The molecular weight excluding hydrogens is 353 g/mol. The number of nitrogens with one attached hydrogen (secondary N) is 1. The van der Waals surface area contributed by atoms with E-state index in [4.69, 9.17) is 0 Å². The molecule has 142 valence electrons. The van der Waals surface area contributed by atoms with Gasteiger partial charge in [0, 0.05) is 25.6 Å². The first-order valence-corrected chi connectivity index (χ1v) is 8.26. The molecule has 11 heteroatoms. The van der Waals surface area contributed by atoms with Gasteiger partial charge in [-0.05, 0) is 25.0 Å². The zero-order chi connectivity index (χ0) is 18.6. The Labute approximate surface area is 147 Å². The first-order valence-electron chi connectivity index (χ1n) is 8.26. The van der Waals surface area contributed by atoms with Crippen LogP contribution in [0.15, 0.2) is 18.5 Å². The van der Waals surface area contributed by atoms with E-state index in [0.717, 1.165) is 5.82 Å². The molecular formula is C15H19F3N6O2. The van der Waals surface area contributed by atoms with Crippen molar-refractivity contribution in [3.63, 3.8) is 0 Å². The van der Waals surface area contributed by atoms with Gasteiger partial charge in [0.15, 0.2) is 5.65 Å². The maximum atomic E-state index is 12.1. The number of aromatic nitrogens is 4. The van der Waals surface area contributed by atoms with Gasteiger partial charge in [-0.1, -0.05) is 0 Å². The van der Waals surface area contributed by atoms with Crippen LogP contribution >= 0.6 is 0 Å². The van der Waals surface area contributed by atoms with Gasteiger partial charge >= 0.3 is 6.18 Å². The maximum absolute atomic E-state index is 12.1. The average Bonchev–Trinajstić information content (AvgIpc) is 3.08. The van der Waals surface area contributed by atoms with Crippen LogP contribution in [-0.2, 0) is 9.53 Å². The van der Waals surface area contributed by atoms with Crippen LogP contribution in [0.4, 0.5) is 19.0 Å². The van der Waals surface area contributed by atoms with Crippen LogP contribution < -0.4 is 10.2 Å². The maximum Gasteiger partial charge on any atom is 0.411 e. The Kier molecular flexibility index (Phi) is 5.55. The molecule has 1 saturated heterocycles. The van der Waals surface area contributed by atoms with Crippen molar-refractivity contribution in [2.24, 2.45) is 5.92 Å². The number of hydrogen-bond donors (Lipinski definition) is 1. The Morgan fingerprint density at radius 2 is 2.08 bits per heavy atom. The Balaban J connectivity index is 1.41. The molecule has 0 bridgehead atoms. The zero-order valence-electron chi connectivity index (χ0n) is 13.9. The number of fused-ring (bicyclic) bond motifs is 1. The summed E-state index contributed by atoms with van der Waals surface area (Å²) in [6, 6.07) is 3.69. The number of ether oxygens (including phenoxy) is 1. The molecule has 1 aliphatic rings. The van der Waals surface area contributed by atoms with Gasteiger partial charge in [-0.25, -0.2) is 0 Å². The second-order valence-electron chi connectivity index (χ2n) is 6.05. The summed E-state index contributed by atoms with van der Waals surface area (Å²) in [6.45, 7) is -0.0500. The molecule has 1 N–H and O–H groups in total. The third kappa shape index (κ3) is 4.81. The van der Waals surface area contributed by atoms with E-state index in [0.29, 0.717) is 31.6 Å². The van der Waals surface area contributed by atoms with E-state index >= 15 is 0 Å². The molecule has 0 aromatic carbocycles. The van der Waals surface area contributed by atoms with Crippen molar-refractivity contribution < 1.29 is 22.7 Å². The third-order valence-corrected chi connectivity index (χ3v) is 4.15. The number of rotatable bonds is 6. The number of alkyl halides is 3. The summed E-state index contributed by atoms with van der Waals surface area (Å²) in [5.41, 5.74) is 0.663. The first kappa shape index (κ1) is 18.4. The number of anilines is 1. The van der Waals surface area contributed by atoms with Crippen molar-refractivity contribution in [1.82, 2.24) is 25.1 Å². The highest BCUT2D eigenvalue weighted by Gasteiger charge is 2.28. The summed E-state index contributed by atoms with van der Waals surface area (Å²) in [5, 5.41) is 14.7. The van der Waals surface area contributed by atoms with Gasteiger partial charge in [-0.3, -0.25) is 4.79 Å². The lowest BCUT2D eigenvalue weighted by atomic mass is 9.96. The number of hydrogen-bond acceptors (Lipinski definition) is 6. The number of amides is 1. The predicted molar refractivity (Wildman–Crippen MR) is 85.6 cm³/mol. The number of piperidine rings is 1. The lowest BCUT2D eigenvalue weighted by Gasteiger charge is -2.32. The van der Waals surface area contributed by atoms with Crippen LogP contribution in [0.25, 0.3) is 5.65 Å². The van der Waals surface area contributed by atoms with Crippen molar-refractivity contribution >= 4 is 17.4 Å². The van der Waals surface area contributed by atoms with Crippen LogP contribution in [0.2, 0.25) is 0 Å². The van der Waals surface area contributed by atoms with Gasteiger partial charge < -0.3 is 15.0 Å². The molecule has 0 atom stereocenters. The van der Waals surface area contributed by atoms with Gasteiger partial charge in [-0.15, -0.1) is 15.3 Å². The topological polar surface area (TPSA) is 84.6 Å². The molecule has 1 aliphatic heterocycles. The van der Waals surface area contributed by atoms with Gasteiger partial charge in [-0.2, -0.15) is 17.7 Å². The normalized spacial score (nSPS) is 16.2. The fourth-order valence-electron chi connectivity index (χ4n) is 2.84. The summed E-state index contributed by atoms with van der Waals surface area (Å²) in [6.07, 6.45) is -1.52. The molecule has 26 heavy (non-hydrogen) atoms. The van der Waals surface area contributed by atoms with E-state index in [2.05, 4.69) is 30.2 Å². The molecule has 0 saturated carbocycles. The zero-order valence-corrected chi connectivity index (χ0v) is 13.9. The van der Waals surface area contributed by atoms with Crippen LogP contribution in [0.3, 0.4) is 0 Å². The fourth-order valence-corrected chi connectivity index (χ4v) is 2.84. The predicted octanol–water partition coefficient (Wildman–Crippen LogP) is 1.04. The number of carbonyl (C=O) groups is 1. The van der Waals surface area contributed by atoms with Crippen LogP contribution in [0.1, 0.15) is 12.8 Å². The third-order valence-electron chi connectivity index (χ3n) is 4.15. The van der Waals surface area contributed by atoms with Crippen LogP contribution in [-0.4, -0.2) is 64.7 Å². The fraction of sp³-hybridized carbons (Fsp3) is 0.600. The van der Waals surface area contributed by atoms with Gasteiger partial charge in [0.25, 0.3) is 0 Å². The molecule has 2 aromatic rings. The second kappa shape index (κ2) is 7.85. The van der Waals surface area contributed by atoms with Crippen molar-refractivity contribution in [3.05, 3.63) is 18.5 Å². The monoisotopic (exact) mass is 372 g/mol. The highest BCUT2D eigenvalue weighted by molar-refractivity contribution is 5.78. The molecule has 0 spiro atoms. The Bertz CT molecular complexity index is 742. The van der Waals surface area contributed by atoms with Gasteiger partial charge in [0.2, 0.25) is 5.91 Å². The van der Waals surface area contributed by atoms with Gasteiger partial charge in [0.1, 0.15) is 18.8 Å². The molecule has 1 amide bonds. The highest BCUT2D eigenvalue weighted by Crippen LogP contribution is 2.22. The summed E-state index contributed by atoms with van der Waals surface area (Å²) in [5.74, 6) is 0.478. The minimum Gasteiger partial charge on any atom is -0.370 e. The largest absolute Gasteiger partial charge is 0.411 e. The molecule has 1 fully saturated rings. The molecule has 0 radical (unpaired) electrons. The highest BCUT2D eigenvalue weighted by atomic mass is 19.4. The molecule has 0 unspecified atom stereocenters. The Morgan fingerprint density at radius 3 is 2.81 bits per heavy atom. The van der Waals surface area contributed by atoms with E-state index in [1.807, 2.05) is 12.1 Å². The molecule has 3 rings (SSSR count). The quantitative estimate of drug-likeness (QED) is 0.763. The average molecular weight is 372 g/mol. The number of nitrogens with zero attached hydrogens (tertiary/aromatic N) is 5. The van der Waals surface area contributed by atoms with Crippen LogP contribution in [0, 0.1) is 5.92 Å². The molecule has 3 heterocycles. The van der Waals surface area contributed by atoms with E-state index in [9.17, 15) is 18.0 Å². The first-order chi connectivity index (χ1) is 12.4. The van der Waals surface area contributed by atoms with Crippen molar-refractivity contribution in [2.45, 2.75) is 19.0 Å². The molecule has 0 aliphatic carbocycles. The van der Waals surface area contributed by atoms with E-state index in [1.165, 1.54) is 6.33 Å².